The van der Waals surface area contributed by atoms with Crippen molar-refractivity contribution in [3.8, 4) is 0 Å². The van der Waals surface area contributed by atoms with Crippen LogP contribution in [-0.4, -0.2) is 42.1 Å². The maximum absolute atomic E-state index is 12.1. The summed E-state index contributed by atoms with van der Waals surface area (Å²) in [6.45, 7) is 4.63. The Morgan fingerprint density at radius 1 is 1.38 bits per heavy atom. The molecule has 1 heterocycles. The van der Waals surface area contributed by atoms with Crippen molar-refractivity contribution in [1.82, 2.24) is 10.6 Å². The Morgan fingerprint density at radius 2 is 2.04 bits per heavy atom. The zero-order valence-corrected chi connectivity index (χ0v) is 16.1. The molecule has 0 bridgehead atoms. The molecule has 4 N–H and O–H groups in total. The van der Waals surface area contributed by atoms with Gasteiger partial charge >= 0.3 is 0 Å². The summed E-state index contributed by atoms with van der Waals surface area (Å²) in [5, 5.41) is 17.3. The number of carbonyl (C=O) groups excluding carboxylic acids is 2. The van der Waals surface area contributed by atoms with Gasteiger partial charge < -0.3 is 16.4 Å². The third-order valence-corrected chi connectivity index (χ3v) is 5.38. The molecular formula is C16H23ClN4O4S. The van der Waals surface area contributed by atoms with Crippen LogP contribution in [0.25, 0.3) is 0 Å². The van der Waals surface area contributed by atoms with Gasteiger partial charge in [0, 0.05) is 18.2 Å². The van der Waals surface area contributed by atoms with Crippen LogP contribution in [0.3, 0.4) is 0 Å². The summed E-state index contributed by atoms with van der Waals surface area (Å²) in [6, 6.07) is 4.01. The molecule has 8 nitrogen and oxygen atoms in total. The molecule has 144 valence electrons. The molecule has 1 aliphatic rings. The minimum atomic E-state index is -0.729. The molecule has 0 atom stereocenters. The first-order chi connectivity index (χ1) is 11.8. The van der Waals surface area contributed by atoms with Crippen molar-refractivity contribution in [3.63, 3.8) is 0 Å². The highest BCUT2D eigenvalue weighted by molar-refractivity contribution is 8.00. The van der Waals surface area contributed by atoms with E-state index in [1.54, 1.807) is 0 Å². The minimum absolute atomic E-state index is 0. The number of nitro benzene ring substituents is 1. The molecule has 1 saturated heterocycles. The summed E-state index contributed by atoms with van der Waals surface area (Å²) in [6.07, 6.45) is 2.00. The first kappa shape index (κ1) is 22.2. The molecule has 0 saturated carbocycles. The number of amides is 2. The second kappa shape index (κ2) is 9.75. The van der Waals surface area contributed by atoms with Crippen LogP contribution in [0.15, 0.2) is 23.1 Å². The van der Waals surface area contributed by atoms with Gasteiger partial charge in [0.1, 0.15) is 0 Å². The average molecular weight is 403 g/mol. The van der Waals surface area contributed by atoms with Crippen LogP contribution in [0.2, 0.25) is 0 Å². The van der Waals surface area contributed by atoms with E-state index >= 15 is 0 Å². The molecule has 10 heteroatoms. The van der Waals surface area contributed by atoms with Crippen LogP contribution >= 0.6 is 24.2 Å². The van der Waals surface area contributed by atoms with Gasteiger partial charge in [-0.25, -0.2) is 0 Å². The number of carbonyl (C=O) groups is 2. The number of benzene rings is 1. The summed E-state index contributed by atoms with van der Waals surface area (Å²) >= 11 is 1.07. The molecule has 0 unspecified atom stereocenters. The van der Waals surface area contributed by atoms with Gasteiger partial charge in [-0.3, -0.25) is 19.7 Å². The van der Waals surface area contributed by atoms with Crippen LogP contribution in [0.5, 0.6) is 0 Å². The summed E-state index contributed by atoms with van der Waals surface area (Å²) in [7, 11) is 0. The highest BCUT2D eigenvalue weighted by Crippen LogP contribution is 2.30. The number of thioether (sulfide) groups is 1. The number of nitrogens with one attached hydrogen (secondary N) is 2. The number of nitro groups is 1. The zero-order chi connectivity index (χ0) is 18.4. The van der Waals surface area contributed by atoms with Crippen LogP contribution in [0, 0.1) is 15.5 Å². The molecule has 26 heavy (non-hydrogen) atoms. The maximum atomic E-state index is 12.1. The van der Waals surface area contributed by atoms with E-state index < -0.39 is 10.8 Å². The first-order valence-electron chi connectivity index (χ1n) is 7.99. The number of hydrogen-bond acceptors (Lipinski definition) is 6. The second-order valence-corrected chi connectivity index (χ2v) is 7.45. The van der Waals surface area contributed by atoms with Crippen LogP contribution in [0.1, 0.15) is 30.1 Å². The molecule has 2 amide bonds. The molecule has 0 aliphatic carbocycles. The lowest BCUT2D eigenvalue weighted by Crippen LogP contribution is -2.43. The fourth-order valence-electron chi connectivity index (χ4n) is 2.65. The van der Waals surface area contributed by atoms with Crippen molar-refractivity contribution >= 4 is 41.7 Å². The predicted octanol–water partition coefficient (Wildman–Crippen LogP) is 1.71. The van der Waals surface area contributed by atoms with Crippen molar-refractivity contribution in [1.29, 1.82) is 0 Å². The summed E-state index contributed by atoms with van der Waals surface area (Å²) in [5.41, 5.74) is 5.07. The maximum Gasteiger partial charge on any atom is 0.283 e. The van der Waals surface area contributed by atoms with E-state index in [4.69, 9.17) is 5.73 Å². The smallest absolute Gasteiger partial charge is 0.283 e. The van der Waals surface area contributed by atoms with Crippen molar-refractivity contribution in [2.24, 2.45) is 11.1 Å². The molecular weight excluding hydrogens is 380 g/mol. The van der Waals surface area contributed by atoms with Gasteiger partial charge in [0.05, 0.1) is 15.6 Å². The Bertz CT molecular complexity index is 680. The summed E-state index contributed by atoms with van der Waals surface area (Å²) < 4.78 is 0. The van der Waals surface area contributed by atoms with E-state index in [2.05, 4.69) is 17.6 Å². The lowest BCUT2D eigenvalue weighted by Gasteiger charge is -2.34. The number of hydrogen-bond donors (Lipinski definition) is 3. The third-order valence-electron chi connectivity index (χ3n) is 4.32. The van der Waals surface area contributed by atoms with Crippen LogP contribution in [0.4, 0.5) is 5.69 Å². The van der Waals surface area contributed by atoms with E-state index in [1.807, 2.05) is 0 Å². The Balaban J connectivity index is 0.00000338. The highest BCUT2D eigenvalue weighted by Gasteiger charge is 2.27. The van der Waals surface area contributed by atoms with Gasteiger partial charge in [-0.1, -0.05) is 6.92 Å². The lowest BCUT2D eigenvalue weighted by atomic mass is 9.81. The quantitative estimate of drug-likeness (QED) is 0.362. The Hall–Kier alpha value is -1.84. The topological polar surface area (TPSA) is 127 Å². The number of nitrogens with two attached hydrogens (primary N) is 1. The second-order valence-electron chi connectivity index (χ2n) is 6.43. The molecule has 1 aliphatic heterocycles. The standard InChI is InChI=1S/C16H22N4O4S.ClH/c1-16(4-6-18-7-5-16)10-19-14(21)9-25-13-3-2-11(15(17)22)8-12(13)20(23)24;/h2-3,8,18H,4-7,9-10H2,1H3,(H2,17,22)(H,19,21);1H. The van der Waals surface area contributed by atoms with Crippen LogP contribution in [-0.2, 0) is 4.79 Å². The van der Waals surface area contributed by atoms with Gasteiger partial charge in [-0.05, 0) is 43.5 Å². The van der Waals surface area contributed by atoms with Crippen LogP contribution < -0.4 is 16.4 Å². The normalized spacial score (nSPS) is 15.6. The average Bonchev–Trinajstić information content (AvgIpc) is 2.58. The van der Waals surface area contributed by atoms with E-state index in [1.165, 1.54) is 12.1 Å². The predicted molar refractivity (Wildman–Crippen MR) is 103 cm³/mol. The fraction of sp³-hybridized carbons (Fsp3) is 0.500. The number of halogens is 1. The van der Waals surface area contributed by atoms with Crippen molar-refractivity contribution in [2.75, 3.05) is 25.4 Å². The van der Waals surface area contributed by atoms with Gasteiger partial charge in [-0.15, -0.1) is 24.2 Å². The van der Waals surface area contributed by atoms with E-state index in [0.717, 1.165) is 43.8 Å². The number of primary amides is 1. The zero-order valence-electron chi connectivity index (χ0n) is 14.4. The Kier molecular flexibility index (Phi) is 8.32. The minimum Gasteiger partial charge on any atom is -0.366 e. The van der Waals surface area contributed by atoms with Crippen molar-refractivity contribution < 1.29 is 14.5 Å². The number of nitrogens with zero attached hydrogens (tertiary/aromatic N) is 1. The Morgan fingerprint density at radius 3 is 2.62 bits per heavy atom. The number of rotatable bonds is 7. The summed E-state index contributed by atoms with van der Waals surface area (Å²) in [4.78, 5) is 34.1. The summed E-state index contributed by atoms with van der Waals surface area (Å²) in [5.74, 6) is -0.823. The highest BCUT2D eigenvalue weighted by atomic mass is 35.5. The van der Waals surface area contributed by atoms with Gasteiger partial charge in [0.2, 0.25) is 11.8 Å². The van der Waals surface area contributed by atoms with Gasteiger partial charge in [0.15, 0.2) is 0 Å². The van der Waals surface area contributed by atoms with E-state index in [0.29, 0.717) is 11.4 Å². The van der Waals surface area contributed by atoms with E-state index in [-0.39, 0.29) is 40.7 Å². The molecule has 1 aromatic rings. The SMILES string of the molecule is CC1(CNC(=O)CSc2ccc(C(N)=O)cc2[N+](=O)[O-])CCNCC1.Cl. The lowest BCUT2D eigenvalue weighted by molar-refractivity contribution is -0.387. The molecule has 0 aromatic heterocycles. The van der Waals surface area contributed by atoms with Gasteiger partial charge in [-0.2, -0.15) is 0 Å². The molecule has 2 rings (SSSR count). The van der Waals surface area contributed by atoms with Crippen molar-refractivity contribution in [2.45, 2.75) is 24.7 Å². The molecule has 0 radical (unpaired) electrons. The molecule has 0 spiro atoms. The van der Waals surface area contributed by atoms with Gasteiger partial charge in [0.25, 0.3) is 5.69 Å². The van der Waals surface area contributed by atoms with Crippen molar-refractivity contribution in [3.05, 3.63) is 33.9 Å². The third kappa shape index (κ3) is 6.15. The molecule has 1 fully saturated rings. The Labute approximate surface area is 162 Å². The largest absolute Gasteiger partial charge is 0.366 e. The van der Waals surface area contributed by atoms with E-state index in [9.17, 15) is 19.7 Å². The fourth-order valence-corrected chi connectivity index (χ4v) is 3.48. The first-order valence-corrected chi connectivity index (χ1v) is 8.98. The molecule has 1 aromatic carbocycles. The monoisotopic (exact) mass is 402 g/mol. The number of piperidine rings is 1.